The maximum Gasteiger partial charge on any atom is 0.254 e. The highest BCUT2D eigenvalue weighted by Crippen LogP contribution is 2.45. The van der Waals surface area contributed by atoms with Crippen molar-refractivity contribution in [1.82, 2.24) is 14.8 Å². The van der Waals surface area contributed by atoms with Crippen LogP contribution in [0.25, 0.3) is 10.9 Å². The zero-order chi connectivity index (χ0) is 27.6. The van der Waals surface area contributed by atoms with E-state index in [0.29, 0.717) is 31.8 Å². The van der Waals surface area contributed by atoms with Crippen molar-refractivity contribution >= 4 is 28.4 Å². The topological polar surface area (TPSA) is 78.1 Å². The molecule has 1 saturated heterocycles. The lowest BCUT2D eigenvalue weighted by Gasteiger charge is -2.44. The number of nitrogens with zero attached hydrogens (tertiary/aromatic N) is 3. The number of hydrogen-bond acceptors (Lipinski definition) is 5. The molecule has 0 radical (unpaired) electrons. The largest absolute Gasteiger partial charge is 0.497 e. The van der Waals surface area contributed by atoms with Gasteiger partial charge in [0.1, 0.15) is 5.75 Å². The van der Waals surface area contributed by atoms with E-state index in [4.69, 9.17) is 9.47 Å². The van der Waals surface area contributed by atoms with Gasteiger partial charge in [-0.3, -0.25) is 9.59 Å². The summed E-state index contributed by atoms with van der Waals surface area (Å²) in [5.41, 5.74) is 4.42. The van der Waals surface area contributed by atoms with Crippen LogP contribution in [0.2, 0.25) is 0 Å². The van der Waals surface area contributed by atoms with Gasteiger partial charge in [-0.25, -0.2) is 0 Å². The van der Waals surface area contributed by atoms with Gasteiger partial charge in [0.15, 0.2) is 0 Å². The Morgan fingerprint density at radius 1 is 0.900 bits per heavy atom. The predicted molar refractivity (Wildman–Crippen MR) is 155 cm³/mol. The van der Waals surface area contributed by atoms with Crippen LogP contribution in [0.5, 0.6) is 5.75 Å². The molecule has 6 rings (SSSR count). The van der Waals surface area contributed by atoms with E-state index >= 15 is 0 Å². The number of methoxy groups -OCH3 is 2. The first-order valence-corrected chi connectivity index (χ1v) is 13.7. The molecule has 8 heteroatoms. The third kappa shape index (κ3) is 4.58. The fraction of sp³-hybridized carbons (Fsp3) is 0.312. The highest BCUT2D eigenvalue weighted by molar-refractivity contribution is 6.02. The van der Waals surface area contributed by atoms with Gasteiger partial charge in [0, 0.05) is 73.7 Å². The Bertz CT molecular complexity index is 1510. The zero-order valence-electron chi connectivity index (χ0n) is 22.9. The van der Waals surface area contributed by atoms with E-state index in [1.165, 1.54) is 0 Å². The number of amides is 2. The summed E-state index contributed by atoms with van der Waals surface area (Å²) < 4.78 is 10.7. The van der Waals surface area contributed by atoms with Gasteiger partial charge in [-0.05, 0) is 42.0 Å². The molecular weight excluding hydrogens is 504 g/mol. The molecule has 206 valence electrons. The molecule has 1 N–H and O–H groups in total. The molecule has 0 bridgehead atoms. The number of fused-ring (bicyclic) bond motifs is 2. The minimum absolute atomic E-state index is 0.0482. The Morgan fingerprint density at radius 2 is 1.62 bits per heavy atom. The van der Waals surface area contributed by atoms with E-state index < -0.39 is 12.0 Å². The molecule has 2 aliphatic rings. The van der Waals surface area contributed by atoms with Crippen LogP contribution in [-0.4, -0.2) is 80.1 Å². The van der Waals surface area contributed by atoms with Crippen LogP contribution < -0.4 is 9.64 Å². The number of hydrogen-bond donors (Lipinski definition) is 1. The lowest BCUT2D eigenvalue weighted by atomic mass is 9.78. The third-order valence-electron chi connectivity index (χ3n) is 8.21. The van der Waals surface area contributed by atoms with Gasteiger partial charge < -0.3 is 29.2 Å². The fourth-order valence-corrected chi connectivity index (χ4v) is 6.15. The smallest absolute Gasteiger partial charge is 0.254 e. The summed E-state index contributed by atoms with van der Waals surface area (Å²) in [6.07, 6.45) is 1.96. The number of ether oxygens (including phenoxy) is 2. The van der Waals surface area contributed by atoms with Crippen molar-refractivity contribution in [3.63, 3.8) is 0 Å². The first-order chi connectivity index (χ1) is 19.6. The van der Waals surface area contributed by atoms with E-state index in [-0.39, 0.29) is 11.8 Å². The summed E-state index contributed by atoms with van der Waals surface area (Å²) in [5, 5.41) is 1.02. The molecule has 2 unspecified atom stereocenters. The second-order valence-corrected chi connectivity index (χ2v) is 10.3. The summed E-state index contributed by atoms with van der Waals surface area (Å²) in [6, 6.07) is 23.2. The van der Waals surface area contributed by atoms with E-state index in [9.17, 15) is 9.59 Å². The highest BCUT2D eigenvalue weighted by Gasteiger charge is 2.46. The molecule has 1 fully saturated rings. The second-order valence-electron chi connectivity index (χ2n) is 10.3. The number of anilines is 1. The lowest BCUT2D eigenvalue weighted by Crippen LogP contribution is -2.53. The number of rotatable bonds is 7. The first kappa shape index (κ1) is 26.0. The van der Waals surface area contributed by atoms with Crippen LogP contribution in [-0.2, 0) is 9.53 Å². The molecule has 4 aromatic rings. The van der Waals surface area contributed by atoms with E-state index in [2.05, 4.69) is 28.1 Å². The molecule has 2 atom stereocenters. The summed E-state index contributed by atoms with van der Waals surface area (Å²) in [4.78, 5) is 37.9. The average molecular weight is 539 g/mol. The van der Waals surface area contributed by atoms with Crippen molar-refractivity contribution in [1.29, 1.82) is 0 Å². The molecule has 0 saturated carbocycles. The number of aromatic nitrogens is 1. The highest BCUT2D eigenvalue weighted by atomic mass is 16.5. The van der Waals surface area contributed by atoms with Crippen LogP contribution in [0.3, 0.4) is 0 Å². The van der Waals surface area contributed by atoms with Gasteiger partial charge in [-0.1, -0.05) is 36.4 Å². The van der Waals surface area contributed by atoms with Crippen LogP contribution in [0, 0.1) is 0 Å². The SMILES string of the molecule is COCCN1C(=O)c2ccccc2C(C(=O)N2CCN(c3ccc(OC)cc3)CC2)C1c1c[nH]c2ccccc12. The lowest BCUT2D eigenvalue weighted by molar-refractivity contribution is -0.135. The van der Waals surface area contributed by atoms with Crippen LogP contribution in [0.15, 0.2) is 79.0 Å². The predicted octanol–water partition coefficient (Wildman–Crippen LogP) is 4.45. The van der Waals surface area contributed by atoms with Crippen LogP contribution in [0.1, 0.15) is 33.4 Å². The molecule has 40 heavy (non-hydrogen) atoms. The Kier molecular flexibility index (Phi) is 7.17. The van der Waals surface area contributed by atoms with Crippen molar-refractivity contribution < 1.29 is 19.1 Å². The maximum absolute atomic E-state index is 14.5. The molecule has 0 spiro atoms. The Morgan fingerprint density at radius 3 is 2.38 bits per heavy atom. The Hall–Kier alpha value is -4.30. The first-order valence-electron chi connectivity index (χ1n) is 13.7. The van der Waals surface area contributed by atoms with Crippen molar-refractivity contribution in [3.05, 3.63) is 95.7 Å². The minimum Gasteiger partial charge on any atom is -0.497 e. The number of piperazine rings is 1. The number of carbonyl (C=O) groups excluding carboxylic acids is 2. The number of benzene rings is 3. The molecule has 2 aliphatic heterocycles. The van der Waals surface area contributed by atoms with E-state index in [1.54, 1.807) is 14.2 Å². The number of para-hydroxylation sites is 1. The molecule has 2 amide bonds. The van der Waals surface area contributed by atoms with Crippen LogP contribution >= 0.6 is 0 Å². The van der Waals surface area contributed by atoms with Crippen molar-refractivity contribution in [2.75, 3.05) is 58.5 Å². The molecule has 3 heterocycles. The molecule has 0 aliphatic carbocycles. The number of H-pyrrole nitrogens is 1. The summed E-state index contributed by atoms with van der Waals surface area (Å²) in [6.45, 7) is 3.45. The van der Waals surface area contributed by atoms with Crippen molar-refractivity contribution in [3.8, 4) is 5.75 Å². The van der Waals surface area contributed by atoms with E-state index in [1.807, 2.05) is 70.6 Å². The fourth-order valence-electron chi connectivity index (χ4n) is 6.15. The number of aromatic amines is 1. The maximum atomic E-state index is 14.5. The molecule has 1 aromatic heterocycles. The summed E-state index contributed by atoms with van der Waals surface area (Å²) >= 11 is 0. The molecule has 3 aromatic carbocycles. The quantitative estimate of drug-likeness (QED) is 0.376. The van der Waals surface area contributed by atoms with Gasteiger partial charge in [0.25, 0.3) is 5.91 Å². The Balaban J connectivity index is 1.36. The van der Waals surface area contributed by atoms with Gasteiger partial charge in [0.05, 0.1) is 25.7 Å². The summed E-state index contributed by atoms with van der Waals surface area (Å²) in [7, 11) is 3.30. The van der Waals surface area contributed by atoms with Gasteiger partial charge >= 0.3 is 0 Å². The molecule has 8 nitrogen and oxygen atoms in total. The number of carbonyl (C=O) groups is 2. The van der Waals surface area contributed by atoms with Gasteiger partial charge in [-0.15, -0.1) is 0 Å². The van der Waals surface area contributed by atoms with Gasteiger partial charge in [0.2, 0.25) is 5.91 Å². The molecular formula is C32H34N4O4. The van der Waals surface area contributed by atoms with Crippen molar-refractivity contribution in [2.45, 2.75) is 12.0 Å². The standard InChI is InChI=1S/C32H34N4O4/c1-39-20-19-36-30(27-21-33-28-10-6-5-7-24(27)28)29(25-8-3-4-9-26(25)31(36)37)32(38)35-17-15-34(16-18-35)22-11-13-23(40-2)14-12-22/h3-14,21,29-30,33H,15-20H2,1-2H3. The van der Waals surface area contributed by atoms with Crippen LogP contribution in [0.4, 0.5) is 5.69 Å². The zero-order valence-corrected chi connectivity index (χ0v) is 22.9. The number of nitrogens with one attached hydrogen (secondary N) is 1. The monoisotopic (exact) mass is 538 g/mol. The summed E-state index contributed by atoms with van der Waals surface area (Å²) in [5.74, 6) is 0.269. The Labute approximate surface area is 234 Å². The normalized spacial score (nSPS) is 19.1. The second kappa shape index (κ2) is 11.1. The average Bonchev–Trinajstić information content (AvgIpc) is 3.44. The minimum atomic E-state index is -0.530. The van der Waals surface area contributed by atoms with Crippen molar-refractivity contribution in [2.24, 2.45) is 0 Å². The van der Waals surface area contributed by atoms with Gasteiger partial charge in [-0.2, -0.15) is 0 Å². The third-order valence-corrected chi connectivity index (χ3v) is 8.21. The van der Waals surface area contributed by atoms with E-state index in [0.717, 1.165) is 46.6 Å².